The van der Waals surface area contributed by atoms with Gasteiger partial charge in [0, 0.05) is 42.0 Å². The standard InChI is InChI=1S/C24H28FN5O/c1-31-21-9-6-16-13-27-24(29-23(16)22(21)15-4-2-3-5-15)28-18-7-8-20(19(25)12-18)30-11-10-17(26)14-30/h6-9,12-13,15,17H,2-5,10-11,14,26H2,1H3,(H,27,28,29). The Balaban J connectivity index is 1.45. The highest BCUT2D eigenvalue weighted by Crippen LogP contribution is 2.42. The zero-order valence-electron chi connectivity index (χ0n) is 17.8. The lowest BCUT2D eigenvalue weighted by atomic mass is 9.94. The molecule has 2 fully saturated rings. The van der Waals surface area contributed by atoms with E-state index in [0.717, 1.165) is 48.0 Å². The maximum Gasteiger partial charge on any atom is 0.227 e. The Morgan fingerprint density at radius 3 is 2.71 bits per heavy atom. The van der Waals surface area contributed by atoms with Crippen molar-refractivity contribution in [3.8, 4) is 5.75 Å². The number of hydrogen-bond donors (Lipinski definition) is 2. The Morgan fingerprint density at radius 1 is 1.16 bits per heavy atom. The van der Waals surface area contributed by atoms with Crippen LogP contribution in [0.25, 0.3) is 10.9 Å². The van der Waals surface area contributed by atoms with Crippen LogP contribution in [0.5, 0.6) is 5.75 Å². The fraction of sp³-hybridized carbons (Fsp3) is 0.417. The number of nitrogens with zero attached hydrogens (tertiary/aromatic N) is 3. The number of methoxy groups -OCH3 is 1. The van der Waals surface area contributed by atoms with Crippen molar-refractivity contribution in [1.82, 2.24) is 9.97 Å². The molecule has 2 aromatic carbocycles. The number of rotatable bonds is 5. The molecule has 2 aliphatic rings. The molecular weight excluding hydrogens is 393 g/mol. The summed E-state index contributed by atoms with van der Waals surface area (Å²) < 4.78 is 20.4. The summed E-state index contributed by atoms with van der Waals surface area (Å²) >= 11 is 0. The van der Waals surface area contributed by atoms with Crippen LogP contribution in [0.2, 0.25) is 0 Å². The van der Waals surface area contributed by atoms with Crippen LogP contribution in [0.15, 0.2) is 36.5 Å². The summed E-state index contributed by atoms with van der Waals surface area (Å²) in [6.45, 7) is 1.47. The molecule has 1 aromatic heterocycles. The van der Waals surface area contributed by atoms with Crippen LogP contribution in [0.4, 0.5) is 21.7 Å². The van der Waals surface area contributed by atoms with Crippen molar-refractivity contribution in [3.63, 3.8) is 0 Å². The summed E-state index contributed by atoms with van der Waals surface area (Å²) in [7, 11) is 1.71. The quantitative estimate of drug-likeness (QED) is 0.621. The molecule has 0 spiro atoms. The second-order valence-electron chi connectivity index (χ2n) is 8.58. The number of aromatic nitrogens is 2. The van der Waals surface area contributed by atoms with E-state index < -0.39 is 0 Å². The lowest BCUT2D eigenvalue weighted by molar-refractivity contribution is 0.406. The Bertz CT molecular complexity index is 1100. The molecule has 6 nitrogen and oxygen atoms in total. The molecule has 1 atom stereocenters. The van der Waals surface area contributed by atoms with E-state index >= 15 is 0 Å². The molecule has 0 radical (unpaired) electrons. The third kappa shape index (κ3) is 3.90. The number of fused-ring (bicyclic) bond motifs is 1. The van der Waals surface area contributed by atoms with Crippen molar-refractivity contribution >= 4 is 28.2 Å². The van der Waals surface area contributed by atoms with Crippen molar-refractivity contribution in [3.05, 3.63) is 47.9 Å². The Morgan fingerprint density at radius 2 is 2.00 bits per heavy atom. The van der Waals surface area contributed by atoms with Gasteiger partial charge in [-0.25, -0.2) is 14.4 Å². The van der Waals surface area contributed by atoms with Crippen LogP contribution >= 0.6 is 0 Å². The molecule has 162 valence electrons. The summed E-state index contributed by atoms with van der Waals surface area (Å²) in [6.07, 6.45) is 7.46. The van der Waals surface area contributed by atoms with Gasteiger partial charge in [0.1, 0.15) is 11.6 Å². The minimum Gasteiger partial charge on any atom is -0.496 e. The molecule has 1 saturated heterocycles. The van der Waals surface area contributed by atoms with Crippen molar-refractivity contribution < 1.29 is 9.13 Å². The smallest absolute Gasteiger partial charge is 0.227 e. The zero-order valence-corrected chi connectivity index (χ0v) is 17.8. The maximum atomic E-state index is 14.8. The number of ether oxygens (including phenoxy) is 1. The van der Waals surface area contributed by atoms with Gasteiger partial charge in [0.25, 0.3) is 0 Å². The molecule has 0 amide bonds. The van der Waals surface area contributed by atoms with E-state index in [4.69, 9.17) is 15.5 Å². The van der Waals surface area contributed by atoms with Crippen molar-refractivity contribution in [2.75, 3.05) is 30.4 Å². The fourth-order valence-corrected chi connectivity index (χ4v) is 4.92. The molecule has 0 bridgehead atoms. The van der Waals surface area contributed by atoms with Gasteiger partial charge in [0.2, 0.25) is 5.95 Å². The van der Waals surface area contributed by atoms with Crippen LogP contribution < -0.4 is 20.7 Å². The van der Waals surface area contributed by atoms with E-state index in [2.05, 4.69) is 10.3 Å². The van der Waals surface area contributed by atoms with Crippen molar-refractivity contribution in [2.24, 2.45) is 5.73 Å². The number of benzene rings is 2. The predicted molar refractivity (Wildman–Crippen MR) is 122 cm³/mol. The molecule has 3 aromatic rings. The topological polar surface area (TPSA) is 76.3 Å². The average molecular weight is 422 g/mol. The van der Waals surface area contributed by atoms with Crippen molar-refractivity contribution in [2.45, 2.75) is 44.1 Å². The van der Waals surface area contributed by atoms with E-state index in [1.54, 1.807) is 13.2 Å². The number of nitrogens with one attached hydrogen (secondary N) is 1. The molecule has 1 saturated carbocycles. The maximum absolute atomic E-state index is 14.8. The molecule has 1 aliphatic heterocycles. The van der Waals surface area contributed by atoms with Gasteiger partial charge in [-0.05, 0) is 55.5 Å². The molecular formula is C24H28FN5O. The first-order valence-electron chi connectivity index (χ1n) is 11.0. The first kappa shape index (κ1) is 20.0. The van der Waals surface area contributed by atoms with E-state index in [1.165, 1.54) is 18.9 Å². The summed E-state index contributed by atoms with van der Waals surface area (Å²) in [5.41, 5.74) is 9.25. The monoisotopic (exact) mass is 421 g/mol. The van der Waals surface area contributed by atoms with Gasteiger partial charge >= 0.3 is 0 Å². The lowest BCUT2D eigenvalue weighted by Crippen LogP contribution is -2.26. The lowest BCUT2D eigenvalue weighted by Gasteiger charge is -2.19. The number of hydrogen-bond acceptors (Lipinski definition) is 6. The molecule has 5 rings (SSSR count). The summed E-state index contributed by atoms with van der Waals surface area (Å²) in [5, 5.41) is 4.16. The minimum absolute atomic E-state index is 0.106. The van der Waals surface area contributed by atoms with Gasteiger partial charge in [-0.3, -0.25) is 0 Å². The summed E-state index contributed by atoms with van der Waals surface area (Å²) in [6, 6.07) is 9.25. The highest BCUT2D eigenvalue weighted by molar-refractivity contribution is 5.85. The van der Waals surface area contributed by atoms with Crippen LogP contribution in [0, 0.1) is 5.82 Å². The second kappa shape index (κ2) is 8.30. The molecule has 3 N–H and O–H groups in total. The predicted octanol–water partition coefficient (Wildman–Crippen LogP) is 4.72. The number of anilines is 3. The minimum atomic E-state index is -0.270. The van der Waals surface area contributed by atoms with Crippen LogP contribution in [0.3, 0.4) is 0 Å². The van der Waals surface area contributed by atoms with Crippen LogP contribution in [-0.4, -0.2) is 36.2 Å². The van der Waals surface area contributed by atoms with Crippen molar-refractivity contribution in [1.29, 1.82) is 0 Å². The van der Waals surface area contributed by atoms with Gasteiger partial charge in [-0.1, -0.05) is 12.8 Å². The molecule has 31 heavy (non-hydrogen) atoms. The average Bonchev–Trinajstić information content (AvgIpc) is 3.45. The Kier molecular flexibility index (Phi) is 5.36. The second-order valence-corrected chi connectivity index (χ2v) is 8.58. The van der Waals surface area contributed by atoms with Gasteiger partial charge in [-0.2, -0.15) is 0 Å². The third-order valence-electron chi connectivity index (χ3n) is 6.50. The van der Waals surface area contributed by atoms with Gasteiger partial charge in [-0.15, -0.1) is 0 Å². The van der Waals surface area contributed by atoms with E-state index in [9.17, 15) is 4.39 Å². The van der Waals surface area contributed by atoms with E-state index in [0.29, 0.717) is 29.8 Å². The number of halogens is 1. The third-order valence-corrected chi connectivity index (χ3v) is 6.50. The number of nitrogens with two attached hydrogens (primary N) is 1. The largest absolute Gasteiger partial charge is 0.496 e. The highest BCUT2D eigenvalue weighted by Gasteiger charge is 2.24. The fourth-order valence-electron chi connectivity index (χ4n) is 4.92. The normalized spacial score (nSPS) is 19.3. The first-order chi connectivity index (χ1) is 15.1. The van der Waals surface area contributed by atoms with Gasteiger partial charge in [0.05, 0.1) is 18.3 Å². The Hall–Kier alpha value is -2.93. The summed E-state index contributed by atoms with van der Waals surface area (Å²) in [4.78, 5) is 11.3. The first-order valence-corrected chi connectivity index (χ1v) is 11.0. The van der Waals surface area contributed by atoms with Gasteiger partial charge < -0.3 is 20.7 Å². The SMILES string of the molecule is COc1ccc2cnc(Nc3ccc(N4CCC(N)C4)c(F)c3)nc2c1C1CCCC1. The molecule has 7 heteroatoms. The molecule has 1 aliphatic carbocycles. The zero-order chi connectivity index (χ0) is 21.4. The highest BCUT2D eigenvalue weighted by atomic mass is 19.1. The Labute approximate surface area is 181 Å². The van der Waals surface area contributed by atoms with Crippen LogP contribution in [-0.2, 0) is 0 Å². The van der Waals surface area contributed by atoms with Crippen LogP contribution in [0.1, 0.15) is 43.6 Å². The van der Waals surface area contributed by atoms with E-state index in [1.807, 2.05) is 29.3 Å². The van der Waals surface area contributed by atoms with Gasteiger partial charge in [0.15, 0.2) is 0 Å². The summed E-state index contributed by atoms with van der Waals surface area (Å²) in [5.74, 6) is 1.51. The molecule has 2 heterocycles. The molecule has 1 unspecified atom stereocenters. The van der Waals surface area contributed by atoms with E-state index in [-0.39, 0.29) is 11.9 Å².